The number of benzene rings is 1. The highest BCUT2D eigenvalue weighted by Crippen LogP contribution is 2.26. The van der Waals surface area contributed by atoms with Gasteiger partial charge in [-0.05, 0) is 57.1 Å². The van der Waals surface area contributed by atoms with Crippen molar-refractivity contribution in [3.63, 3.8) is 0 Å². The van der Waals surface area contributed by atoms with Crippen molar-refractivity contribution >= 4 is 0 Å². The first-order valence-corrected chi connectivity index (χ1v) is 6.95. The van der Waals surface area contributed by atoms with Gasteiger partial charge in [0.05, 0.1) is 7.11 Å². The molecule has 1 aliphatic rings. The van der Waals surface area contributed by atoms with E-state index in [2.05, 4.69) is 10.2 Å². The third-order valence-electron chi connectivity index (χ3n) is 3.78. The van der Waals surface area contributed by atoms with E-state index >= 15 is 0 Å². The molecule has 1 fully saturated rings. The Morgan fingerprint density at radius 2 is 2.32 bits per heavy atom. The van der Waals surface area contributed by atoms with Crippen molar-refractivity contribution in [2.45, 2.75) is 19.4 Å². The molecule has 0 amide bonds. The second-order valence-electron chi connectivity index (χ2n) is 5.30. The molecule has 4 heteroatoms. The van der Waals surface area contributed by atoms with Crippen molar-refractivity contribution in [3.8, 4) is 11.5 Å². The maximum Gasteiger partial charge on any atom is 0.120 e. The van der Waals surface area contributed by atoms with Crippen LogP contribution in [0.2, 0.25) is 0 Å². The molecular weight excluding hydrogens is 240 g/mol. The lowest BCUT2D eigenvalue weighted by Gasteiger charge is -2.32. The number of likely N-dealkylation sites (tertiary alicyclic amines) is 1. The molecule has 2 rings (SSSR count). The predicted octanol–water partition coefficient (Wildman–Crippen LogP) is 1.83. The van der Waals surface area contributed by atoms with Crippen LogP contribution in [0.25, 0.3) is 0 Å². The molecule has 1 heterocycles. The van der Waals surface area contributed by atoms with Gasteiger partial charge >= 0.3 is 0 Å². The monoisotopic (exact) mass is 264 g/mol. The average molecular weight is 264 g/mol. The van der Waals surface area contributed by atoms with Crippen LogP contribution in [0.15, 0.2) is 18.2 Å². The quantitative estimate of drug-likeness (QED) is 0.851. The molecule has 106 valence electrons. The van der Waals surface area contributed by atoms with Gasteiger partial charge in [0.25, 0.3) is 0 Å². The molecule has 4 nitrogen and oxygen atoms in total. The van der Waals surface area contributed by atoms with Gasteiger partial charge in [-0.2, -0.15) is 0 Å². The van der Waals surface area contributed by atoms with Crippen molar-refractivity contribution in [3.05, 3.63) is 23.8 Å². The van der Waals surface area contributed by atoms with Gasteiger partial charge in [0, 0.05) is 18.7 Å². The summed E-state index contributed by atoms with van der Waals surface area (Å²) in [5.41, 5.74) is 0.949. The highest BCUT2D eigenvalue weighted by molar-refractivity contribution is 5.39. The summed E-state index contributed by atoms with van der Waals surface area (Å²) >= 11 is 0. The van der Waals surface area contributed by atoms with Crippen LogP contribution in [-0.4, -0.2) is 43.8 Å². The van der Waals surface area contributed by atoms with Crippen LogP contribution in [0.4, 0.5) is 0 Å². The molecule has 19 heavy (non-hydrogen) atoms. The minimum atomic E-state index is 0.358. The number of methoxy groups -OCH3 is 1. The highest BCUT2D eigenvalue weighted by atomic mass is 16.5. The number of piperidine rings is 1. The van der Waals surface area contributed by atoms with Crippen molar-refractivity contribution in [2.75, 3.05) is 33.8 Å². The first-order valence-electron chi connectivity index (χ1n) is 6.95. The lowest BCUT2D eigenvalue weighted by Crippen LogP contribution is -2.38. The minimum Gasteiger partial charge on any atom is -0.508 e. The summed E-state index contributed by atoms with van der Waals surface area (Å²) < 4.78 is 5.22. The zero-order valence-corrected chi connectivity index (χ0v) is 11.9. The second kappa shape index (κ2) is 6.78. The van der Waals surface area contributed by atoms with Gasteiger partial charge in [0.15, 0.2) is 0 Å². The number of nitrogens with zero attached hydrogens (tertiary/aromatic N) is 1. The van der Waals surface area contributed by atoms with Crippen LogP contribution >= 0.6 is 0 Å². The zero-order valence-electron chi connectivity index (χ0n) is 11.9. The summed E-state index contributed by atoms with van der Waals surface area (Å²) in [7, 11) is 3.66. The number of aromatic hydroxyl groups is 1. The fourth-order valence-corrected chi connectivity index (χ4v) is 2.81. The first-order chi connectivity index (χ1) is 9.22. The van der Waals surface area contributed by atoms with Crippen LogP contribution in [-0.2, 0) is 6.54 Å². The van der Waals surface area contributed by atoms with Crippen molar-refractivity contribution in [1.29, 1.82) is 0 Å². The molecular formula is C15H24N2O2. The van der Waals surface area contributed by atoms with E-state index in [-0.39, 0.29) is 0 Å². The second-order valence-corrected chi connectivity index (χ2v) is 5.30. The van der Waals surface area contributed by atoms with E-state index in [0.717, 1.165) is 37.5 Å². The number of phenolic OH excluding ortho intramolecular Hbond substituents is 1. The summed E-state index contributed by atoms with van der Waals surface area (Å²) in [5, 5.41) is 13.2. The molecule has 2 N–H and O–H groups in total. The molecule has 1 saturated heterocycles. The Bertz CT molecular complexity index is 407. The Kier molecular flexibility index (Phi) is 5.05. The molecule has 0 aliphatic carbocycles. The number of rotatable bonds is 5. The summed E-state index contributed by atoms with van der Waals surface area (Å²) in [6, 6.07) is 5.43. The lowest BCUT2D eigenvalue weighted by atomic mass is 9.97. The normalized spacial score (nSPS) is 20.4. The van der Waals surface area contributed by atoms with Gasteiger partial charge in [0.2, 0.25) is 0 Å². The first kappa shape index (κ1) is 14.2. The zero-order chi connectivity index (χ0) is 13.7. The van der Waals surface area contributed by atoms with Gasteiger partial charge in [0.1, 0.15) is 11.5 Å². The Balaban J connectivity index is 2.00. The van der Waals surface area contributed by atoms with Gasteiger partial charge < -0.3 is 15.2 Å². The fourth-order valence-electron chi connectivity index (χ4n) is 2.81. The van der Waals surface area contributed by atoms with Gasteiger partial charge in [-0.25, -0.2) is 0 Å². The topological polar surface area (TPSA) is 44.7 Å². The van der Waals surface area contributed by atoms with E-state index in [1.807, 2.05) is 13.1 Å². The molecule has 1 unspecified atom stereocenters. The lowest BCUT2D eigenvalue weighted by molar-refractivity contribution is 0.165. The van der Waals surface area contributed by atoms with Crippen LogP contribution in [0.5, 0.6) is 11.5 Å². The third kappa shape index (κ3) is 3.85. The standard InChI is InChI=1S/C15H24N2O2/c1-16-9-12-4-3-7-17(10-12)11-13-8-14(19-2)5-6-15(13)18/h5-6,8,12,16,18H,3-4,7,9-11H2,1-2H3. The van der Waals surface area contributed by atoms with E-state index in [1.165, 1.54) is 12.8 Å². The number of ether oxygens (including phenoxy) is 1. The molecule has 0 radical (unpaired) electrons. The van der Waals surface area contributed by atoms with Crippen molar-refractivity contribution in [2.24, 2.45) is 5.92 Å². The summed E-state index contributed by atoms with van der Waals surface area (Å²) in [6.45, 7) is 4.07. The van der Waals surface area contributed by atoms with E-state index in [1.54, 1.807) is 19.2 Å². The number of hydrogen-bond donors (Lipinski definition) is 2. The molecule has 1 aliphatic heterocycles. The average Bonchev–Trinajstić information content (AvgIpc) is 2.42. The van der Waals surface area contributed by atoms with E-state index in [9.17, 15) is 5.11 Å². The fraction of sp³-hybridized carbons (Fsp3) is 0.600. The third-order valence-corrected chi connectivity index (χ3v) is 3.78. The molecule has 1 aromatic carbocycles. The van der Waals surface area contributed by atoms with Crippen LogP contribution in [0.1, 0.15) is 18.4 Å². The molecule has 0 aromatic heterocycles. The molecule has 1 aromatic rings. The molecule has 0 bridgehead atoms. The Morgan fingerprint density at radius 1 is 1.47 bits per heavy atom. The molecule has 1 atom stereocenters. The largest absolute Gasteiger partial charge is 0.508 e. The maximum atomic E-state index is 9.94. The summed E-state index contributed by atoms with van der Waals surface area (Å²) in [5.74, 6) is 1.87. The number of nitrogens with one attached hydrogen (secondary N) is 1. The number of phenols is 1. The van der Waals surface area contributed by atoms with Gasteiger partial charge in [-0.1, -0.05) is 0 Å². The van der Waals surface area contributed by atoms with Crippen LogP contribution in [0, 0.1) is 5.92 Å². The summed E-state index contributed by atoms with van der Waals surface area (Å²) in [4.78, 5) is 2.42. The Labute approximate surface area is 115 Å². The minimum absolute atomic E-state index is 0.358. The van der Waals surface area contributed by atoms with E-state index < -0.39 is 0 Å². The Hall–Kier alpha value is -1.26. The van der Waals surface area contributed by atoms with Crippen LogP contribution < -0.4 is 10.1 Å². The summed E-state index contributed by atoms with van der Waals surface area (Å²) in [6.07, 6.45) is 2.53. The van der Waals surface area contributed by atoms with Crippen molar-refractivity contribution in [1.82, 2.24) is 10.2 Å². The molecule has 0 spiro atoms. The van der Waals surface area contributed by atoms with E-state index in [4.69, 9.17) is 4.74 Å². The van der Waals surface area contributed by atoms with Crippen molar-refractivity contribution < 1.29 is 9.84 Å². The Morgan fingerprint density at radius 3 is 3.05 bits per heavy atom. The smallest absolute Gasteiger partial charge is 0.120 e. The number of hydrogen-bond acceptors (Lipinski definition) is 4. The highest BCUT2D eigenvalue weighted by Gasteiger charge is 2.20. The maximum absolute atomic E-state index is 9.94. The van der Waals surface area contributed by atoms with Crippen LogP contribution in [0.3, 0.4) is 0 Å². The van der Waals surface area contributed by atoms with Gasteiger partial charge in [-0.3, -0.25) is 4.90 Å². The van der Waals surface area contributed by atoms with E-state index in [0.29, 0.717) is 11.7 Å². The molecule has 0 saturated carbocycles. The van der Waals surface area contributed by atoms with Gasteiger partial charge in [-0.15, -0.1) is 0 Å². The SMILES string of the molecule is CNCC1CCCN(Cc2cc(OC)ccc2O)C1. The predicted molar refractivity (Wildman–Crippen MR) is 76.6 cm³/mol.